The second kappa shape index (κ2) is 7.22. The smallest absolute Gasteiger partial charge is 0.225 e. The minimum atomic E-state index is 0.000101. The topological polar surface area (TPSA) is 47.6 Å². The molecule has 5 heteroatoms. The minimum absolute atomic E-state index is 0.000101. The van der Waals surface area contributed by atoms with E-state index in [0.29, 0.717) is 25.4 Å². The second-order valence-corrected chi connectivity index (χ2v) is 5.99. The van der Waals surface area contributed by atoms with Gasteiger partial charge in [0.25, 0.3) is 0 Å². The largest absolute Gasteiger partial charge is 0.486 e. The first-order valence-electron chi connectivity index (χ1n) is 7.18. The standard InChI is InChI=1S/C17H17NO3S/c19-17(8-11-22-14-4-2-1-3-5-14)18-13-6-7-15-16(12-13)21-10-9-20-15/h1-7,12H,8-11H2,(H,18,19). The van der Waals surface area contributed by atoms with E-state index in [1.54, 1.807) is 17.8 Å². The number of hydrogen-bond donors (Lipinski definition) is 1. The number of thioether (sulfide) groups is 1. The van der Waals surface area contributed by atoms with E-state index in [0.717, 1.165) is 17.2 Å². The maximum Gasteiger partial charge on any atom is 0.225 e. The average Bonchev–Trinajstić information content (AvgIpc) is 2.56. The lowest BCUT2D eigenvalue weighted by atomic mass is 10.2. The monoisotopic (exact) mass is 315 g/mol. The van der Waals surface area contributed by atoms with Gasteiger partial charge in [-0.25, -0.2) is 0 Å². The van der Waals surface area contributed by atoms with Gasteiger partial charge in [0, 0.05) is 28.8 Å². The zero-order valence-corrected chi connectivity index (χ0v) is 12.9. The third-order valence-corrected chi connectivity index (χ3v) is 4.18. The number of nitrogens with one attached hydrogen (secondary N) is 1. The van der Waals surface area contributed by atoms with Gasteiger partial charge in [-0.15, -0.1) is 11.8 Å². The highest BCUT2D eigenvalue weighted by Gasteiger charge is 2.12. The Morgan fingerprint density at radius 3 is 2.64 bits per heavy atom. The number of amides is 1. The number of fused-ring (bicyclic) bond motifs is 1. The van der Waals surface area contributed by atoms with Crippen molar-refractivity contribution >= 4 is 23.4 Å². The zero-order valence-electron chi connectivity index (χ0n) is 12.1. The molecule has 0 atom stereocenters. The summed E-state index contributed by atoms with van der Waals surface area (Å²) in [6.07, 6.45) is 0.466. The van der Waals surface area contributed by atoms with E-state index in [2.05, 4.69) is 5.32 Å². The number of rotatable bonds is 5. The molecule has 0 spiro atoms. The van der Waals surface area contributed by atoms with Crippen molar-refractivity contribution in [1.82, 2.24) is 0 Å². The fourth-order valence-electron chi connectivity index (χ4n) is 2.12. The molecular formula is C17H17NO3S. The molecule has 0 aromatic heterocycles. The maximum absolute atomic E-state index is 12.0. The van der Waals surface area contributed by atoms with Crippen molar-refractivity contribution in [2.75, 3.05) is 24.3 Å². The highest BCUT2D eigenvalue weighted by molar-refractivity contribution is 7.99. The van der Waals surface area contributed by atoms with Crippen LogP contribution in [0.4, 0.5) is 5.69 Å². The number of benzene rings is 2. The molecule has 1 amide bonds. The summed E-state index contributed by atoms with van der Waals surface area (Å²) in [6.45, 7) is 1.10. The molecule has 0 fully saturated rings. The van der Waals surface area contributed by atoms with Crippen molar-refractivity contribution in [1.29, 1.82) is 0 Å². The summed E-state index contributed by atoms with van der Waals surface area (Å²) < 4.78 is 11.0. The van der Waals surface area contributed by atoms with E-state index >= 15 is 0 Å². The molecule has 0 bridgehead atoms. The Hall–Kier alpha value is -2.14. The highest BCUT2D eigenvalue weighted by Crippen LogP contribution is 2.32. The maximum atomic E-state index is 12.0. The Kier molecular flexibility index (Phi) is 4.85. The van der Waals surface area contributed by atoms with Crippen molar-refractivity contribution < 1.29 is 14.3 Å². The fourth-order valence-corrected chi connectivity index (χ4v) is 3.00. The van der Waals surface area contributed by atoms with Crippen LogP contribution in [0.2, 0.25) is 0 Å². The number of ether oxygens (including phenoxy) is 2. The predicted octanol–water partition coefficient (Wildman–Crippen LogP) is 3.58. The first-order valence-corrected chi connectivity index (χ1v) is 8.17. The van der Waals surface area contributed by atoms with Gasteiger partial charge in [0.1, 0.15) is 13.2 Å². The summed E-state index contributed by atoms with van der Waals surface area (Å²) in [5.74, 6) is 2.16. The lowest BCUT2D eigenvalue weighted by molar-refractivity contribution is -0.115. The van der Waals surface area contributed by atoms with E-state index in [9.17, 15) is 4.79 Å². The van der Waals surface area contributed by atoms with Crippen molar-refractivity contribution in [2.24, 2.45) is 0 Å². The Morgan fingerprint density at radius 2 is 1.82 bits per heavy atom. The normalized spacial score (nSPS) is 12.7. The lowest BCUT2D eigenvalue weighted by Gasteiger charge is -2.19. The van der Waals surface area contributed by atoms with Gasteiger partial charge in [0.05, 0.1) is 0 Å². The summed E-state index contributed by atoms with van der Waals surface area (Å²) in [4.78, 5) is 13.1. The molecule has 0 saturated carbocycles. The predicted molar refractivity (Wildman–Crippen MR) is 87.8 cm³/mol. The molecule has 3 rings (SSSR count). The van der Waals surface area contributed by atoms with Crippen LogP contribution < -0.4 is 14.8 Å². The molecule has 0 saturated heterocycles. The summed E-state index contributed by atoms with van der Waals surface area (Å²) in [7, 11) is 0. The van der Waals surface area contributed by atoms with E-state index < -0.39 is 0 Å². The quantitative estimate of drug-likeness (QED) is 0.857. The van der Waals surface area contributed by atoms with E-state index in [1.807, 2.05) is 42.5 Å². The number of carbonyl (C=O) groups excluding carboxylic acids is 1. The van der Waals surface area contributed by atoms with Crippen LogP contribution in [0.1, 0.15) is 6.42 Å². The summed E-state index contributed by atoms with van der Waals surface area (Å²) >= 11 is 1.68. The molecule has 1 aliphatic heterocycles. The van der Waals surface area contributed by atoms with E-state index in [-0.39, 0.29) is 5.91 Å². The van der Waals surface area contributed by atoms with E-state index in [4.69, 9.17) is 9.47 Å². The molecule has 2 aromatic rings. The van der Waals surface area contributed by atoms with Gasteiger partial charge in [-0.1, -0.05) is 18.2 Å². The van der Waals surface area contributed by atoms with Crippen LogP contribution in [0.5, 0.6) is 11.5 Å². The van der Waals surface area contributed by atoms with Crippen molar-refractivity contribution in [3.05, 3.63) is 48.5 Å². The summed E-state index contributed by atoms with van der Waals surface area (Å²) in [6, 6.07) is 15.5. The van der Waals surface area contributed by atoms with Gasteiger partial charge in [-0.3, -0.25) is 4.79 Å². The van der Waals surface area contributed by atoms with Crippen LogP contribution in [-0.4, -0.2) is 24.9 Å². The molecule has 0 unspecified atom stereocenters. The first-order chi connectivity index (χ1) is 10.8. The van der Waals surface area contributed by atoms with Gasteiger partial charge >= 0.3 is 0 Å². The Labute approximate surface area is 133 Å². The Balaban J connectivity index is 1.49. The highest BCUT2D eigenvalue weighted by atomic mass is 32.2. The van der Waals surface area contributed by atoms with Crippen LogP contribution in [0, 0.1) is 0 Å². The Morgan fingerprint density at radius 1 is 1.05 bits per heavy atom. The average molecular weight is 315 g/mol. The molecule has 1 heterocycles. The van der Waals surface area contributed by atoms with Gasteiger partial charge in [-0.05, 0) is 24.3 Å². The zero-order chi connectivity index (χ0) is 15.2. The van der Waals surface area contributed by atoms with Crippen LogP contribution in [0.25, 0.3) is 0 Å². The molecule has 0 aliphatic carbocycles. The third-order valence-electron chi connectivity index (χ3n) is 3.17. The molecule has 0 radical (unpaired) electrons. The van der Waals surface area contributed by atoms with E-state index in [1.165, 1.54) is 4.90 Å². The second-order valence-electron chi connectivity index (χ2n) is 4.82. The van der Waals surface area contributed by atoms with Gasteiger partial charge in [-0.2, -0.15) is 0 Å². The van der Waals surface area contributed by atoms with Crippen LogP contribution in [0.3, 0.4) is 0 Å². The molecular weight excluding hydrogens is 298 g/mol. The molecule has 1 N–H and O–H groups in total. The van der Waals surface area contributed by atoms with Crippen LogP contribution in [-0.2, 0) is 4.79 Å². The van der Waals surface area contributed by atoms with Gasteiger partial charge in [0.15, 0.2) is 11.5 Å². The number of hydrogen-bond acceptors (Lipinski definition) is 4. The van der Waals surface area contributed by atoms with Gasteiger partial charge < -0.3 is 14.8 Å². The molecule has 1 aliphatic rings. The van der Waals surface area contributed by atoms with Crippen molar-refractivity contribution in [2.45, 2.75) is 11.3 Å². The van der Waals surface area contributed by atoms with Crippen LogP contribution >= 0.6 is 11.8 Å². The summed E-state index contributed by atoms with van der Waals surface area (Å²) in [5.41, 5.74) is 0.735. The lowest BCUT2D eigenvalue weighted by Crippen LogP contribution is -2.16. The SMILES string of the molecule is O=C(CCSc1ccccc1)Nc1ccc2c(c1)OCCO2. The fraction of sp³-hybridized carbons (Fsp3) is 0.235. The van der Waals surface area contributed by atoms with Crippen molar-refractivity contribution in [3.63, 3.8) is 0 Å². The minimum Gasteiger partial charge on any atom is -0.486 e. The molecule has 114 valence electrons. The first kappa shape index (κ1) is 14.8. The molecule has 2 aromatic carbocycles. The van der Waals surface area contributed by atoms with Gasteiger partial charge in [0.2, 0.25) is 5.91 Å². The number of carbonyl (C=O) groups is 1. The van der Waals surface area contributed by atoms with Crippen molar-refractivity contribution in [3.8, 4) is 11.5 Å². The van der Waals surface area contributed by atoms with Crippen LogP contribution in [0.15, 0.2) is 53.4 Å². The Bertz CT molecular complexity index is 646. The molecule has 22 heavy (non-hydrogen) atoms. The molecule has 4 nitrogen and oxygen atoms in total. The number of anilines is 1. The third kappa shape index (κ3) is 3.95. The summed E-state index contributed by atoms with van der Waals surface area (Å²) in [5, 5.41) is 2.89.